The standard InChI is InChI=1S/C16H24N2O2/c1-20-12-14-6-4-5-13(9-14)11-18-15(19)10-16(17)7-2-3-8-16/h4-6,9H,2-3,7-8,10-12,17H2,1H3,(H,18,19). The molecule has 1 aliphatic carbocycles. The van der Waals surface area contributed by atoms with E-state index in [-0.39, 0.29) is 11.4 Å². The summed E-state index contributed by atoms with van der Waals surface area (Å²) in [5.74, 6) is 0.0477. The van der Waals surface area contributed by atoms with E-state index in [1.54, 1.807) is 7.11 Å². The lowest BCUT2D eigenvalue weighted by molar-refractivity contribution is -0.122. The van der Waals surface area contributed by atoms with Crippen molar-refractivity contribution in [3.8, 4) is 0 Å². The molecule has 4 heteroatoms. The second-order valence-corrected chi connectivity index (χ2v) is 5.78. The van der Waals surface area contributed by atoms with Crippen LogP contribution in [-0.2, 0) is 22.7 Å². The van der Waals surface area contributed by atoms with Gasteiger partial charge in [-0.3, -0.25) is 4.79 Å². The van der Waals surface area contributed by atoms with E-state index in [4.69, 9.17) is 10.5 Å². The number of hydrogen-bond donors (Lipinski definition) is 2. The van der Waals surface area contributed by atoms with Crippen LogP contribution in [0.1, 0.15) is 43.2 Å². The fourth-order valence-corrected chi connectivity index (χ4v) is 2.83. The normalized spacial score (nSPS) is 17.1. The predicted molar refractivity (Wildman–Crippen MR) is 79.0 cm³/mol. The third-order valence-corrected chi connectivity index (χ3v) is 3.90. The number of ether oxygens (including phenoxy) is 1. The van der Waals surface area contributed by atoms with E-state index in [1.165, 1.54) is 0 Å². The molecule has 0 aromatic heterocycles. The van der Waals surface area contributed by atoms with Crippen LogP contribution in [0.5, 0.6) is 0 Å². The molecule has 1 aromatic carbocycles. The summed E-state index contributed by atoms with van der Waals surface area (Å²) in [7, 11) is 1.68. The van der Waals surface area contributed by atoms with Crippen LogP contribution in [0, 0.1) is 0 Å². The first-order valence-electron chi connectivity index (χ1n) is 7.24. The summed E-state index contributed by atoms with van der Waals surface area (Å²) in [6.07, 6.45) is 4.64. The van der Waals surface area contributed by atoms with E-state index < -0.39 is 0 Å². The topological polar surface area (TPSA) is 64.3 Å². The largest absolute Gasteiger partial charge is 0.380 e. The number of methoxy groups -OCH3 is 1. The van der Waals surface area contributed by atoms with Crippen molar-refractivity contribution >= 4 is 5.91 Å². The maximum absolute atomic E-state index is 12.0. The Morgan fingerprint density at radius 3 is 2.75 bits per heavy atom. The highest BCUT2D eigenvalue weighted by molar-refractivity contribution is 5.77. The summed E-state index contributed by atoms with van der Waals surface area (Å²) in [5.41, 5.74) is 8.14. The van der Waals surface area contributed by atoms with Gasteiger partial charge in [0.25, 0.3) is 0 Å². The Morgan fingerprint density at radius 1 is 1.35 bits per heavy atom. The molecule has 1 saturated carbocycles. The first kappa shape index (κ1) is 15.0. The number of carbonyl (C=O) groups is 1. The minimum absolute atomic E-state index is 0.0477. The molecule has 110 valence electrons. The van der Waals surface area contributed by atoms with Crippen molar-refractivity contribution in [3.63, 3.8) is 0 Å². The summed E-state index contributed by atoms with van der Waals surface area (Å²) in [6, 6.07) is 8.06. The minimum atomic E-state index is -0.276. The van der Waals surface area contributed by atoms with Crippen LogP contribution in [0.15, 0.2) is 24.3 Å². The second kappa shape index (κ2) is 6.86. The van der Waals surface area contributed by atoms with E-state index >= 15 is 0 Å². The van der Waals surface area contributed by atoms with Crippen molar-refractivity contribution in [3.05, 3.63) is 35.4 Å². The van der Waals surface area contributed by atoms with Crippen LogP contribution in [0.2, 0.25) is 0 Å². The lowest BCUT2D eigenvalue weighted by Gasteiger charge is -2.22. The average molecular weight is 276 g/mol. The molecule has 0 spiro atoms. The van der Waals surface area contributed by atoms with Gasteiger partial charge in [-0.05, 0) is 24.0 Å². The Bertz CT molecular complexity index is 454. The Morgan fingerprint density at radius 2 is 2.05 bits per heavy atom. The second-order valence-electron chi connectivity index (χ2n) is 5.78. The van der Waals surface area contributed by atoms with Crippen molar-refractivity contribution in [1.82, 2.24) is 5.32 Å². The zero-order valence-electron chi connectivity index (χ0n) is 12.2. The lowest BCUT2D eigenvalue weighted by atomic mass is 9.94. The molecule has 4 nitrogen and oxygen atoms in total. The van der Waals surface area contributed by atoms with Crippen LogP contribution < -0.4 is 11.1 Å². The number of nitrogens with two attached hydrogens (primary N) is 1. The van der Waals surface area contributed by atoms with Crippen molar-refractivity contribution in [2.45, 2.75) is 50.8 Å². The third-order valence-electron chi connectivity index (χ3n) is 3.90. The highest BCUT2D eigenvalue weighted by atomic mass is 16.5. The Hall–Kier alpha value is -1.39. The van der Waals surface area contributed by atoms with Gasteiger partial charge in [0, 0.05) is 25.6 Å². The first-order valence-corrected chi connectivity index (χ1v) is 7.24. The quantitative estimate of drug-likeness (QED) is 0.836. The molecule has 1 aliphatic rings. The van der Waals surface area contributed by atoms with Crippen LogP contribution in [-0.4, -0.2) is 18.6 Å². The van der Waals surface area contributed by atoms with Crippen molar-refractivity contribution in [2.75, 3.05) is 7.11 Å². The van der Waals surface area contributed by atoms with E-state index in [0.29, 0.717) is 19.6 Å². The van der Waals surface area contributed by atoms with Gasteiger partial charge in [0.1, 0.15) is 0 Å². The third kappa shape index (κ3) is 4.32. The van der Waals surface area contributed by atoms with Gasteiger partial charge in [-0.1, -0.05) is 37.1 Å². The number of amides is 1. The number of benzene rings is 1. The zero-order valence-corrected chi connectivity index (χ0v) is 12.2. The molecule has 1 fully saturated rings. The van der Waals surface area contributed by atoms with Crippen molar-refractivity contribution in [1.29, 1.82) is 0 Å². The van der Waals surface area contributed by atoms with Crippen LogP contribution in [0.3, 0.4) is 0 Å². The summed E-state index contributed by atoms with van der Waals surface area (Å²) < 4.78 is 5.11. The van der Waals surface area contributed by atoms with Gasteiger partial charge in [-0.25, -0.2) is 0 Å². The molecule has 20 heavy (non-hydrogen) atoms. The minimum Gasteiger partial charge on any atom is -0.380 e. The molecule has 2 rings (SSSR count). The van der Waals surface area contributed by atoms with Crippen molar-refractivity contribution < 1.29 is 9.53 Å². The molecule has 3 N–H and O–H groups in total. The SMILES string of the molecule is COCc1cccc(CNC(=O)CC2(N)CCCC2)c1. The Balaban J connectivity index is 1.82. The zero-order chi connectivity index (χ0) is 14.4. The molecule has 1 amide bonds. The molecule has 0 radical (unpaired) electrons. The van der Waals surface area contributed by atoms with Gasteiger partial charge < -0.3 is 15.8 Å². The van der Waals surface area contributed by atoms with Crippen LogP contribution in [0.25, 0.3) is 0 Å². The predicted octanol–water partition coefficient (Wildman–Crippen LogP) is 2.11. The molecule has 0 atom stereocenters. The molecule has 0 saturated heterocycles. The summed E-state index contributed by atoms with van der Waals surface area (Å²) in [5, 5.41) is 2.96. The van der Waals surface area contributed by atoms with Gasteiger partial charge >= 0.3 is 0 Å². The highest BCUT2D eigenvalue weighted by Crippen LogP contribution is 2.29. The number of hydrogen-bond acceptors (Lipinski definition) is 3. The molecule has 1 aromatic rings. The molecular formula is C16H24N2O2. The maximum Gasteiger partial charge on any atom is 0.222 e. The molecule has 0 aliphatic heterocycles. The van der Waals surface area contributed by atoms with Crippen LogP contribution >= 0.6 is 0 Å². The smallest absolute Gasteiger partial charge is 0.222 e. The van der Waals surface area contributed by atoms with Gasteiger partial charge in [0.05, 0.1) is 6.61 Å². The average Bonchev–Trinajstić information content (AvgIpc) is 2.84. The Kier molecular flexibility index (Phi) is 5.15. The van der Waals surface area contributed by atoms with Gasteiger partial charge in [-0.15, -0.1) is 0 Å². The fraction of sp³-hybridized carbons (Fsp3) is 0.562. The fourth-order valence-electron chi connectivity index (χ4n) is 2.83. The van der Waals surface area contributed by atoms with Crippen LogP contribution in [0.4, 0.5) is 0 Å². The van der Waals surface area contributed by atoms with Crippen molar-refractivity contribution in [2.24, 2.45) is 5.73 Å². The lowest BCUT2D eigenvalue weighted by Crippen LogP contribution is -2.42. The Labute approximate surface area is 120 Å². The monoisotopic (exact) mass is 276 g/mol. The summed E-state index contributed by atoms with van der Waals surface area (Å²) >= 11 is 0. The molecule has 0 heterocycles. The van der Waals surface area contributed by atoms with E-state index in [2.05, 4.69) is 11.4 Å². The van der Waals surface area contributed by atoms with E-state index in [9.17, 15) is 4.79 Å². The molecule has 0 unspecified atom stereocenters. The van der Waals surface area contributed by atoms with Gasteiger partial charge in [0.2, 0.25) is 5.91 Å². The highest BCUT2D eigenvalue weighted by Gasteiger charge is 2.31. The number of rotatable bonds is 6. The first-order chi connectivity index (χ1) is 9.61. The maximum atomic E-state index is 12.0. The van der Waals surface area contributed by atoms with Gasteiger partial charge in [0.15, 0.2) is 0 Å². The van der Waals surface area contributed by atoms with E-state index in [1.807, 2.05) is 18.2 Å². The van der Waals surface area contributed by atoms with E-state index in [0.717, 1.165) is 36.8 Å². The number of nitrogens with one attached hydrogen (secondary N) is 1. The summed E-state index contributed by atoms with van der Waals surface area (Å²) in [4.78, 5) is 12.0. The molecular weight excluding hydrogens is 252 g/mol. The molecule has 0 bridgehead atoms. The summed E-state index contributed by atoms with van der Waals surface area (Å²) in [6.45, 7) is 1.14. The van der Waals surface area contributed by atoms with Gasteiger partial charge in [-0.2, -0.15) is 0 Å². The number of carbonyl (C=O) groups excluding carboxylic acids is 1.